The van der Waals surface area contributed by atoms with Gasteiger partial charge in [-0.3, -0.25) is 4.79 Å². The van der Waals surface area contributed by atoms with E-state index in [1.807, 2.05) is 0 Å². The largest absolute Gasteiger partial charge is 0.381 e. The van der Waals surface area contributed by atoms with Crippen molar-refractivity contribution in [3.8, 4) is 0 Å². The fourth-order valence-electron chi connectivity index (χ4n) is 4.62. The van der Waals surface area contributed by atoms with Gasteiger partial charge in [-0.25, -0.2) is 4.99 Å². The molecule has 30 heavy (non-hydrogen) atoms. The SMILES string of the molecule is CN(C)C(=O)CN=C(NCC1CCCCC1)NC1CCN(CC2CCOC2)CC1.I. The molecule has 0 aromatic carbocycles. The van der Waals surface area contributed by atoms with Gasteiger partial charge < -0.3 is 25.2 Å². The minimum atomic E-state index is 0. The summed E-state index contributed by atoms with van der Waals surface area (Å²) in [5.41, 5.74) is 0. The Morgan fingerprint density at radius 3 is 2.43 bits per heavy atom. The predicted octanol–water partition coefficient (Wildman–Crippen LogP) is 2.31. The number of nitrogens with zero attached hydrogens (tertiary/aromatic N) is 3. The maximum absolute atomic E-state index is 12.0. The van der Waals surface area contributed by atoms with Crippen LogP contribution in [0.2, 0.25) is 0 Å². The summed E-state index contributed by atoms with van der Waals surface area (Å²) >= 11 is 0. The second-order valence-corrected chi connectivity index (χ2v) is 9.29. The Labute approximate surface area is 199 Å². The average molecular weight is 536 g/mol. The minimum absolute atomic E-state index is 0. The van der Waals surface area contributed by atoms with Crippen molar-refractivity contribution in [1.29, 1.82) is 0 Å². The molecule has 3 rings (SSSR count). The molecule has 2 N–H and O–H groups in total. The molecule has 8 heteroatoms. The van der Waals surface area contributed by atoms with Crippen LogP contribution in [0.5, 0.6) is 0 Å². The van der Waals surface area contributed by atoms with Crippen molar-refractivity contribution in [2.45, 2.75) is 57.4 Å². The summed E-state index contributed by atoms with van der Waals surface area (Å²) in [6.07, 6.45) is 10.1. The highest BCUT2D eigenvalue weighted by atomic mass is 127. The molecule has 2 saturated heterocycles. The van der Waals surface area contributed by atoms with Crippen molar-refractivity contribution in [3.05, 3.63) is 0 Å². The number of nitrogens with one attached hydrogen (secondary N) is 2. The van der Waals surface area contributed by atoms with Crippen LogP contribution in [0.3, 0.4) is 0 Å². The van der Waals surface area contributed by atoms with E-state index in [4.69, 9.17) is 4.74 Å². The van der Waals surface area contributed by atoms with E-state index in [1.165, 1.54) is 45.1 Å². The number of aliphatic imine (C=N–C) groups is 1. The second-order valence-electron chi connectivity index (χ2n) is 9.29. The molecule has 2 heterocycles. The van der Waals surface area contributed by atoms with Gasteiger partial charge in [0.25, 0.3) is 0 Å². The highest BCUT2D eigenvalue weighted by Crippen LogP contribution is 2.22. The molecule has 174 valence electrons. The Balaban J connectivity index is 0.00000320. The number of carbonyl (C=O) groups is 1. The van der Waals surface area contributed by atoms with E-state index in [-0.39, 0.29) is 36.4 Å². The van der Waals surface area contributed by atoms with E-state index in [1.54, 1.807) is 19.0 Å². The van der Waals surface area contributed by atoms with Crippen molar-refractivity contribution in [1.82, 2.24) is 20.4 Å². The Morgan fingerprint density at radius 2 is 1.80 bits per heavy atom. The average Bonchev–Trinajstić information content (AvgIpc) is 3.25. The normalized spacial score (nSPS) is 24.3. The lowest BCUT2D eigenvalue weighted by Crippen LogP contribution is -2.50. The van der Waals surface area contributed by atoms with Gasteiger partial charge in [0.05, 0.1) is 6.61 Å². The number of guanidine groups is 1. The summed E-state index contributed by atoms with van der Waals surface area (Å²) in [6, 6.07) is 0.429. The van der Waals surface area contributed by atoms with Crippen LogP contribution >= 0.6 is 24.0 Å². The first-order valence-electron chi connectivity index (χ1n) is 11.6. The summed E-state index contributed by atoms with van der Waals surface area (Å²) < 4.78 is 5.52. The molecule has 0 radical (unpaired) electrons. The molecule has 2 aliphatic heterocycles. The Kier molecular flexibility index (Phi) is 11.7. The number of likely N-dealkylation sites (tertiary alicyclic amines) is 1. The van der Waals surface area contributed by atoms with Gasteiger partial charge in [-0.05, 0) is 43.9 Å². The van der Waals surface area contributed by atoms with Gasteiger partial charge in [-0.2, -0.15) is 0 Å². The quantitative estimate of drug-likeness (QED) is 0.298. The number of carbonyl (C=O) groups excluding carboxylic acids is 1. The monoisotopic (exact) mass is 535 g/mol. The molecule has 0 bridgehead atoms. The molecule has 1 unspecified atom stereocenters. The van der Waals surface area contributed by atoms with Gasteiger partial charge >= 0.3 is 0 Å². The van der Waals surface area contributed by atoms with Gasteiger partial charge in [0, 0.05) is 52.9 Å². The van der Waals surface area contributed by atoms with Crippen molar-refractivity contribution < 1.29 is 9.53 Å². The van der Waals surface area contributed by atoms with E-state index in [9.17, 15) is 4.79 Å². The topological polar surface area (TPSA) is 69.2 Å². The van der Waals surface area contributed by atoms with Crippen LogP contribution in [0.25, 0.3) is 0 Å². The molecular formula is C22H42IN5O2. The van der Waals surface area contributed by atoms with Crippen LogP contribution in [-0.2, 0) is 9.53 Å². The fraction of sp³-hybridized carbons (Fsp3) is 0.909. The highest BCUT2D eigenvalue weighted by Gasteiger charge is 2.24. The third-order valence-corrected chi connectivity index (χ3v) is 6.62. The molecular weight excluding hydrogens is 493 g/mol. The summed E-state index contributed by atoms with van der Waals surface area (Å²) in [5.74, 6) is 2.30. The number of piperidine rings is 1. The summed E-state index contributed by atoms with van der Waals surface area (Å²) in [4.78, 5) is 20.8. The van der Waals surface area contributed by atoms with E-state index >= 15 is 0 Å². The van der Waals surface area contributed by atoms with Crippen molar-refractivity contribution in [3.63, 3.8) is 0 Å². The molecule has 1 atom stereocenters. The zero-order valence-electron chi connectivity index (χ0n) is 18.9. The summed E-state index contributed by atoms with van der Waals surface area (Å²) in [5, 5.41) is 7.16. The van der Waals surface area contributed by atoms with Gasteiger partial charge in [0.1, 0.15) is 6.54 Å². The zero-order chi connectivity index (χ0) is 20.5. The van der Waals surface area contributed by atoms with Gasteiger partial charge in [-0.1, -0.05) is 19.3 Å². The van der Waals surface area contributed by atoms with E-state index in [0.717, 1.165) is 57.6 Å². The molecule has 0 spiro atoms. The maximum Gasteiger partial charge on any atom is 0.243 e. The molecule has 1 amide bonds. The first-order chi connectivity index (χ1) is 14.1. The predicted molar refractivity (Wildman–Crippen MR) is 133 cm³/mol. The third kappa shape index (κ3) is 8.86. The lowest BCUT2D eigenvalue weighted by molar-refractivity contribution is -0.127. The summed E-state index contributed by atoms with van der Waals surface area (Å²) in [6.45, 7) is 6.45. The lowest BCUT2D eigenvalue weighted by Gasteiger charge is -2.34. The van der Waals surface area contributed by atoms with Crippen LogP contribution in [0.15, 0.2) is 4.99 Å². The van der Waals surface area contributed by atoms with Gasteiger partial charge in [0.2, 0.25) is 5.91 Å². The number of amides is 1. The molecule has 0 aromatic heterocycles. The van der Waals surface area contributed by atoms with E-state index in [0.29, 0.717) is 12.0 Å². The number of halogens is 1. The summed E-state index contributed by atoms with van der Waals surface area (Å²) in [7, 11) is 3.57. The van der Waals surface area contributed by atoms with Crippen molar-refractivity contribution >= 4 is 35.8 Å². The van der Waals surface area contributed by atoms with Crippen LogP contribution in [-0.4, -0.2) is 87.7 Å². The lowest BCUT2D eigenvalue weighted by atomic mass is 9.89. The van der Waals surface area contributed by atoms with Crippen LogP contribution in [0, 0.1) is 11.8 Å². The molecule has 7 nitrogen and oxygen atoms in total. The van der Waals surface area contributed by atoms with Gasteiger partial charge in [0.15, 0.2) is 5.96 Å². The van der Waals surface area contributed by atoms with Crippen LogP contribution in [0.1, 0.15) is 51.4 Å². The van der Waals surface area contributed by atoms with Crippen LogP contribution in [0.4, 0.5) is 0 Å². The standard InChI is InChI=1S/C22H41N5O2.HI/c1-26(2)21(28)15-24-22(23-14-18-6-4-3-5-7-18)25-20-8-11-27(12-9-20)16-19-10-13-29-17-19;/h18-20H,3-17H2,1-2H3,(H2,23,24,25);1H. The second kappa shape index (κ2) is 13.7. The number of hydrogen-bond acceptors (Lipinski definition) is 4. The molecule has 0 aromatic rings. The third-order valence-electron chi connectivity index (χ3n) is 6.62. The molecule has 3 fully saturated rings. The fourth-order valence-corrected chi connectivity index (χ4v) is 4.62. The first-order valence-corrected chi connectivity index (χ1v) is 11.6. The first kappa shape index (κ1) is 25.6. The Morgan fingerprint density at radius 1 is 1.07 bits per heavy atom. The highest BCUT2D eigenvalue weighted by molar-refractivity contribution is 14.0. The zero-order valence-corrected chi connectivity index (χ0v) is 21.2. The van der Waals surface area contributed by atoms with E-state index in [2.05, 4.69) is 20.5 Å². The van der Waals surface area contributed by atoms with Gasteiger partial charge in [-0.15, -0.1) is 24.0 Å². The number of ether oxygens (including phenoxy) is 1. The Hall–Kier alpha value is -0.610. The minimum Gasteiger partial charge on any atom is -0.381 e. The maximum atomic E-state index is 12.0. The number of rotatable bonds is 7. The van der Waals surface area contributed by atoms with Crippen molar-refractivity contribution in [2.24, 2.45) is 16.8 Å². The molecule has 1 saturated carbocycles. The number of hydrogen-bond donors (Lipinski definition) is 2. The van der Waals surface area contributed by atoms with Crippen molar-refractivity contribution in [2.75, 3.05) is 60.0 Å². The Bertz CT molecular complexity index is 526. The molecule has 3 aliphatic rings. The van der Waals surface area contributed by atoms with E-state index < -0.39 is 0 Å². The number of likely N-dealkylation sites (N-methyl/N-ethyl adjacent to an activating group) is 1. The van der Waals surface area contributed by atoms with Crippen LogP contribution < -0.4 is 10.6 Å². The molecule has 1 aliphatic carbocycles. The smallest absolute Gasteiger partial charge is 0.243 e.